The SMILES string of the molecule is NC(Cc1ccc(OCCCCCCN2CCN(CCNC(=O)CNc3cc(C(=O)NCC(O)CN4CCc5ccccc5C4)ncn3)CC2)cc1)C(=O)N1CC(=Cc2ccc(Cl)c(Cl)c2)C(=O)C(=Cc2ccc(Cl)c(Cl)c2)C1. The van der Waals surface area contributed by atoms with Crippen molar-refractivity contribution in [3.05, 3.63) is 162 Å². The first kappa shape index (κ1) is 59.2. The number of aliphatic hydroxyl groups excluding tert-OH is 1. The van der Waals surface area contributed by atoms with Gasteiger partial charge in [0.25, 0.3) is 5.91 Å². The van der Waals surface area contributed by atoms with Gasteiger partial charge in [0, 0.05) is 95.7 Å². The van der Waals surface area contributed by atoms with E-state index < -0.39 is 18.1 Å². The van der Waals surface area contributed by atoms with Gasteiger partial charge in [0.2, 0.25) is 11.8 Å². The second kappa shape index (κ2) is 29.5. The van der Waals surface area contributed by atoms with Crippen molar-refractivity contribution in [1.29, 1.82) is 0 Å². The first-order valence-electron chi connectivity index (χ1n) is 26.9. The van der Waals surface area contributed by atoms with Gasteiger partial charge in [-0.2, -0.15) is 0 Å². The number of fused-ring (bicyclic) bond motifs is 1. The fourth-order valence-corrected chi connectivity index (χ4v) is 10.5. The van der Waals surface area contributed by atoms with Gasteiger partial charge in [0.15, 0.2) is 5.78 Å². The number of benzene rings is 4. The van der Waals surface area contributed by atoms with Crippen LogP contribution in [0.2, 0.25) is 20.1 Å². The summed E-state index contributed by atoms with van der Waals surface area (Å²) >= 11 is 24.8. The number of nitrogens with one attached hydrogen (secondary N) is 3. The highest BCUT2D eigenvalue weighted by atomic mass is 35.5. The molecule has 20 heteroatoms. The van der Waals surface area contributed by atoms with E-state index in [9.17, 15) is 24.3 Å². The zero-order valence-electron chi connectivity index (χ0n) is 44.2. The Morgan fingerprint density at radius 3 is 2.03 bits per heavy atom. The Balaban J connectivity index is 0.663. The van der Waals surface area contributed by atoms with E-state index >= 15 is 0 Å². The van der Waals surface area contributed by atoms with Gasteiger partial charge in [-0.15, -0.1) is 0 Å². The fraction of sp³-hybridized carbons (Fsp3) is 0.390. The molecule has 3 aliphatic heterocycles. The molecule has 16 nitrogen and oxygen atoms in total. The van der Waals surface area contributed by atoms with E-state index in [2.05, 4.69) is 52.8 Å². The molecule has 2 saturated heterocycles. The number of piperidine rings is 1. The lowest BCUT2D eigenvalue weighted by atomic mass is 9.93. The van der Waals surface area contributed by atoms with Crippen LogP contribution in [-0.2, 0) is 33.8 Å². The number of amides is 3. The Labute approximate surface area is 482 Å². The number of anilines is 1. The minimum absolute atomic E-state index is 0.00501. The lowest BCUT2D eigenvalue weighted by molar-refractivity contribution is -0.132. The lowest BCUT2D eigenvalue weighted by Crippen LogP contribution is -2.49. The highest BCUT2D eigenvalue weighted by Gasteiger charge is 2.32. The monoisotopic (exact) mass is 1150 g/mol. The number of ketones is 1. The number of aliphatic hydroxyl groups is 1. The van der Waals surface area contributed by atoms with E-state index in [0.717, 1.165) is 95.8 Å². The molecule has 1 aromatic heterocycles. The van der Waals surface area contributed by atoms with Gasteiger partial charge < -0.3 is 41.3 Å². The smallest absolute Gasteiger partial charge is 0.270 e. The number of ether oxygens (including phenoxy) is 1. The largest absolute Gasteiger partial charge is 0.494 e. The number of halogens is 4. The predicted molar refractivity (Wildman–Crippen MR) is 313 cm³/mol. The Hall–Kier alpha value is -5.92. The number of carbonyl (C=O) groups is 4. The van der Waals surface area contributed by atoms with E-state index in [1.165, 1.54) is 23.5 Å². The molecule has 3 amide bonds. The van der Waals surface area contributed by atoms with E-state index in [4.69, 9.17) is 56.9 Å². The van der Waals surface area contributed by atoms with Crippen LogP contribution in [0.1, 0.15) is 64.0 Å². The number of Topliss-reactive ketones (excluding diaryl/α,β-unsaturated/α-hetero) is 1. The zero-order chi connectivity index (χ0) is 55.7. The standard InChI is InChI=1S/C59H68Cl4N10O6/c60-49-15-11-41(29-51(49)62)27-45-36-73(37-46(57(45)76)28-42-12-16-50(61)52(63)30-42)59(78)53(64)31-40-9-13-48(14-10-40)79-26-6-2-1-5-19-70-22-24-71(25-23-70)21-18-65-56(75)34-66-55-32-54(68-39-69-55)58(77)67-33-47(74)38-72-20-17-43-7-3-4-8-44(43)35-72/h3-4,7-16,27-30,32,39,47,53,74H,1-2,5-6,17-26,31,33-38,64H2,(H,65,75)(H,67,77)(H,66,68,69). The fourth-order valence-electron chi connectivity index (χ4n) is 9.86. The van der Waals surface area contributed by atoms with Crippen molar-refractivity contribution in [2.24, 2.45) is 5.73 Å². The van der Waals surface area contributed by atoms with Gasteiger partial charge in [-0.1, -0.05) is 108 Å². The Kier molecular flexibility index (Phi) is 22.1. The van der Waals surface area contributed by atoms with E-state index in [1.54, 1.807) is 53.5 Å². The minimum atomic E-state index is -0.850. The van der Waals surface area contributed by atoms with E-state index in [0.29, 0.717) is 74.3 Å². The lowest BCUT2D eigenvalue weighted by Gasteiger charge is -2.34. The summed E-state index contributed by atoms with van der Waals surface area (Å²) in [6, 6.07) is 26.8. The molecular formula is C59H68Cl4N10O6. The summed E-state index contributed by atoms with van der Waals surface area (Å²) < 4.78 is 6.05. The predicted octanol–water partition coefficient (Wildman–Crippen LogP) is 7.47. The van der Waals surface area contributed by atoms with Gasteiger partial charge in [0.1, 0.15) is 23.6 Å². The maximum atomic E-state index is 13.9. The highest BCUT2D eigenvalue weighted by molar-refractivity contribution is 6.42. The van der Waals surface area contributed by atoms with Crippen molar-refractivity contribution in [1.82, 2.24) is 40.2 Å². The van der Waals surface area contributed by atoms with Crippen molar-refractivity contribution in [2.75, 3.05) is 97.0 Å². The molecule has 2 fully saturated rings. The molecule has 2 unspecified atom stereocenters. The van der Waals surface area contributed by atoms with Gasteiger partial charge in [-0.3, -0.25) is 29.0 Å². The number of rotatable bonds is 24. The van der Waals surface area contributed by atoms with Crippen LogP contribution < -0.4 is 26.4 Å². The third-order valence-corrected chi connectivity index (χ3v) is 15.7. The molecule has 8 rings (SSSR count). The van der Waals surface area contributed by atoms with Crippen molar-refractivity contribution in [2.45, 2.75) is 57.2 Å². The van der Waals surface area contributed by atoms with Gasteiger partial charge in [0.05, 0.1) is 45.4 Å². The second-order valence-electron chi connectivity index (χ2n) is 20.2. The molecule has 418 valence electrons. The average Bonchev–Trinajstić information content (AvgIpc) is 3.50. The minimum Gasteiger partial charge on any atom is -0.494 e. The van der Waals surface area contributed by atoms with Crippen LogP contribution in [0.25, 0.3) is 12.2 Å². The topological polar surface area (TPSA) is 199 Å². The number of aromatic nitrogens is 2. The molecule has 0 radical (unpaired) electrons. The van der Waals surface area contributed by atoms with Crippen molar-refractivity contribution >= 4 is 87.9 Å². The number of carbonyl (C=O) groups excluding carboxylic acids is 4. The van der Waals surface area contributed by atoms with Crippen LogP contribution in [0.3, 0.4) is 0 Å². The van der Waals surface area contributed by atoms with Crippen LogP contribution in [0, 0.1) is 0 Å². The van der Waals surface area contributed by atoms with Crippen LogP contribution in [-0.4, -0.2) is 162 Å². The summed E-state index contributed by atoms with van der Waals surface area (Å²) in [6.07, 6.45) is 9.45. The molecule has 0 saturated carbocycles. The molecule has 79 heavy (non-hydrogen) atoms. The third kappa shape index (κ3) is 18.0. The number of nitrogens with two attached hydrogens (primary N) is 1. The Morgan fingerprint density at radius 2 is 1.35 bits per heavy atom. The summed E-state index contributed by atoms with van der Waals surface area (Å²) in [5, 5.41) is 20.8. The summed E-state index contributed by atoms with van der Waals surface area (Å²) in [4.78, 5) is 70.1. The molecular weight excluding hydrogens is 1090 g/mol. The molecule has 0 aliphatic carbocycles. The molecule has 5 aromatic rings. The van der Waals surface area contributed by atoms with Crippen molar-refractivity contribution in [3.63, 3.8) is 0 Å². The van der Waals surface area contributed by atoms with E-state index in [1.807, 2.05) is 36.4 Å². The number of β-amino-alcohol motifs (C(OH)–C–C–N with tert-alkyl or cyclic N) is 1. The second-order valence-corrected chi connectivity index (χ2v) is 21.8. The number of piperazine rings is 1. The maximum absolute atomic E-state index is 13.9. The number of hydrogen-bond donors (Lipinski definition) is 5. The van der Waals surface area contributed by atoms with Gasteiger partial charge in [-0.25, -0.2) is 9.97 Å². The van der Waals surface area contributed by atoms with Crippen LogP contribution in [0.4, 0.5) is 5.82 Å². The van der Waals surface area contributed by atoms with Crippen LogP contribution in [0.15, 0.2) is 108 Å². The van der Waals surface area contributed by atoms with Crippen molar-refractivity contribution in [3.8, 4) is 5.75 Å². The quantitative estimate of drug-likeness (QED) is 0.0302. The molecule has 0 spiro atoms. The number of nitrogens with zero attached hydrogens (tertiary/aromatic N) is 6. The molecule has 0 bridgehead atoms. The molecule has 4 aromatic carbocycles. The number of likely N-dealkylation sites (tertiary alicyclic amines) is 1. The average molecular weight is 1160 g/mol. The normalized spacial score (nSPS) is 17.1. The Bertz CT molecular complexity index is 2900. The van der Waals surface area contributed by atoms with Crippen molar-refractivity contribution < 1.29 is 29.0 Å². The van der Waals surface area contributed by atoms with Crippen LogP contribution in [0.5, 0.6) is 5.75 Å². The number of unbranched alkanes of at least 4 members (excludes halogenated alkanes) is 3. The van der Waals surface area contributed by atoms with Gasteiger partial charge >= 0.3 is 0 Å². The molecule has 3 aliphatic rings. The number of hydrogen-bond acceptors (Lipinski definition) is 13. The summed E-state index contributed by atoms with van der Waals surface area (Å²) in [7, 11) is 0. The van der Waals surface area contributed by atoms with E-state index in [-0.39, 0.29) is 49.5 Å². The molecule has 6 N–H and O–H groups in total. The first-order chi connectivity index (χ1) is 38.2. The Morgan fingerprint density at radius 1 is 0.709 bits per heavy atom. The van der Waals surface area contributed by atoms with Gasteiger partial charge in [-0.05, 0) is 109 Å². The maximum Gasteiger partial charge on any atom is 0.270 e. The molecule has 2 atom stereocenters. The summed E-state index contributed by atoms with van der Waals surface area (Å²) in [5.41, 5.74) is 12.4. The highest BCUT2D eigenvalue weighted by Crippen LogP contribution is 2.29. The first-order valence-corrected chi connectivity index (χ1v) is 28.4. The summed E-state index contributed by atoms with van der Waals surface area (Å²) in [6.45, 7) is 9.15. The third-order valence-electron chi connectivity index (χ3n) is 14.2. The zero-order valence-corrected chi connectivity index (χ0v) is 47.2. The summed E-state index contributed by atoms with van der Waals surface area (Å²) in [5.74, 6) is 0.0331. The molecule has 4 heterocycles. The van der Waals surface area contributed by atoms with Crippen LogP contribution >= 0.6 is 46.4 Å².